The van der Waals surface area contributed by atoms with Crippen molar-refractivity contribution in [2.45, 2.75) is 12.8 Å². The fourth-order valence-corrected chi connectivity index (χ4v) is 2.41. The van der Waals surface area contributed by atoms with Crippen molar-refractivity contribution >= 4 is 23.8 Å². The Kier molecular flexibility index (Phi) is 3.48. The highest BCUT2D eigenvalue weighted by Crippen LogP contribution is 2.33. The third-order valence-electron chi connectivity index (χ3n) is 3.25. The second-order valence-corrected chi connectivity index (χ2v) is 4.55. The zero-order valence-electron chi connectivity index (χ0n) is 10.4. The molecule has 1 aliphatic rings. The molecule has 0 radical (unpaired) electrons. The van der Waals surface area contributed by atoms with E-state index in [0.717, 1.165) is 24.3 Å². The molecular formula is C13H18ClN4+. The van der Waals surface area contributed by atoms with E-state index in [1.54, 1.807) is 0 Å². The van der Waals surface area contributed by atoms with E-state index in [0.29, 0.717) is 0 Å². The number of aryl methyl sites for hydroxylation is 2. The van der Waals surface area contributed by atoms with Gasteiger partial charge in [0.05, 0.1) is 18.4 Å². The number of hydrogen-bond acceptors (Lipinski definition) is 2. The van der Waals surface area contributed by atoms with Crippen molar-refractivity contribution in [3.63, 3.8) is 0 Å². The summed E-state index contributed by atoms with van der Waals surface area (Å²) in [4.78, 5) is 0. The van der Waals surface area contributed by atoms with Crippen LogP contribution in [0.2, 0.25) is 0 Å². The summed E-state index contributed by atoms with van der Waals surface area (Å²) in [5.74, 6) is 0. The Morgan fingerprint density at radius 3 is 2.94 bits per heavy atom. The van der Waals surface area contributed by atoms with Crippen LogP contribution in [-0.4, -0.2) is 11.1 Å². The Morgan fingerprint density at radius 1 is 1.39 bits per heavy atom. The Morgan fingerprint density at radius 2 is 2.22 bits per heavy atom. The summed E-state index contributed by atoms with van der Waals surface area (Å²) in [7, 11) is 2.01. The molecule has 0 bridgehead atoms. The molecule has 0 saturated heterocycles. The number of rotatable bonds is 1. The van der Waals surface area contributed by atoms with Crippen molar-refractivity contribution in [3.05, 3.63) is 36.4 Å². The van der Waals surface area contributed by atoms with E-state index in [9.17, 15) is 0 Å². The number of anilines is 2. The minimum atomic E-state index is 0. The predicted octanol–water partition coefficient (Wildman–Crippen LogP) is 1.66. The number of aromatic nitrogens is 2. The molecule has 4 nitrogen and oxygen atoms in total. The molecule has 2 heterocycles. The van der Waals surface area contributed by atoms with Gasteiger partial charge in [-0.2, -0.15) is 4.57 Å². The normalized spacial score (nSPS) is 13.4. The quantitative estimate of drug-likeness (QED) is 0.609. The van der Waals surface area contributed by atoms with Crippen LogP contribution in [0.1, 0.15) is 12.0 Å². The van der Waals surface area contributed by atoms with Gasteiger partial charge in [0.25, 0.3) is 0 Å². The molecular weight excluding hydrogens is 248 g/mol. The first kappa shape index (κ1) is 12.8. The Bertz CT molecular complexity index is 562. The molecule has 1 aromatic carbocycles. The van der Waals surface area contributed by atoms with Gasteiger partial charge in [-0.05, 0) is 24.5 Å². The third-order valence-corrected chi connectivity index (χ3v) is 3.25. The van der Waals surface area contributed by atoms with Gasteiger partial charge in [-0.3, -0.25) is 0 Å². The minimum Gasteiger partial charge on any atom is -0.395 e. The van der Waals surface area contributed by atoms with Gasteiger partial charge >= 0.3 is 0 Å². The Hall–Kier alpha value is -1.68. The average Bonchev–Trinajstić information content (AvgIpc) is 2.75. The number of fused-ring (bicyclic) bond motifs is 1. The molecule has 3 rings (SSSR count). The summed E-state index contributed by atoms with van der Waals surface area (Å²) in [5.41, 5.74) is 10.5. The maximum atomic E-state index is 6.12. The highest BCUT2D eigenvalue weighted by Gasteiger charge is 2.20. The summed E-state index contributed by atoms with van der Waals surface area (Å²) in [5, 5.41) is 3.47. The van der Waals surface area contributed by atoms with E-state index in [1.807, 2.05) is 36.4 Å². The highest BCUT2D eigenvalue weighted by molar-refractivity contribution is 5.85. The molecule has 0 unspecified atom stereocenters. The number of nitrogen functional groups attached to an aromatic ring is 1. The average molecular weight is 266 g/mol. The Labute approximate surface area is 113 Å². The van der Waals surface area contributed by atoms with Gasteiger partial charge in [0, 0.05) is 6.54 Å². The van der Waals surface area contributed by atoms with Gasteiger partial charge < -0.3 is 11.1 Å². The first-order valence-electron chi connectivity index (χ1n) is 5.94. The van der Waals surface area contributed by atoms with Crippen molar-refractivity contribution in [2.24, 2.45) is 7.05 Å². The standard InChI is InChI=1S/C13H17N4.ClH/c1-16-7-8-17(9-16)13-11(14)5-4-10-3-2-6-15-12(10)13;/h4-5,7-9,15H,2-3,6,14H2,1H3;1H/q+1;. The molecule has 0 aliphatic carbocycles. The molecule has 0 saturated carbocycles. The summed E-state index contributed by atoms with van der Waals surface area (Å²) in [6.07, 6.45) is 8.39. The van der Waals surface area contributed by atoms with Gasteiger partial charge in [-0.15, -0.1) is 12.4 Å². The fourth-order valence-electron chi connectivity index (χ4n) is 2.41. The SMILES string of the molecule is C[n+]1ccn(-c2c(N)ccc3c2NCCC3)c1.Cl. The van der Waals surface area contributed by atoms with Gasteiger partial charge in [-0.1, -0.05) is 6.07 Å². The van der Waals surface area contributed by atoms with E-state index < -0.39 is 0 Å². The maximum Gasteiger partial charge on any atom is 0.248 e. The van der Waals surface area contributed by atoms with Crippen LogP contribution >= 0.6 is 12.4 Å². The molecule has 0 fully saturated rings. The summed E-state index contributed by atoms with van der Waals surface area (Å²) >= 11 is 0. The summed E-state index contributed by atoms with van der Waals surface area (Å²) in [6, 6.07) is 4.13. The lowest BCUT2D eigenvalue weighted by Crippen LogP contribution is -2.24. The van der Waals surface area contributed by atoms with Crippen molar-refractivity contribution in [3.8, 4) is 5.69 Å². The van der Waals surface area contributed by atoms with Crippen molar-refractivity contribution in [1.82, 2.24) is 4.57 Å². The molecule has 0 spiro atoms. The smallest absolute Gasteiger partial charge is 0.248 e. The second kappa shape index (κ2) is 4.90. The molecule has 5 heteroatoms. The number of benzene rings is 1. The summed E-state index contributed by atoms with van der Waals surface area (Å²) < 4.78 is 4.09. The third kappa shape index (κ3) is 2.04. The Balaban J connectivity index is 0.00000120. The largest absolute Gasteiger partial charge is 0.395 e. The first-order valence-corrected chi connectivity index (χ1v) is 5.94. The lowest BCUT2D eigenvalue weighted by Gasteiger charge is -2.20. The van der Waals surface area contributed by atoms with Gasteiger partial charge in [-0.25, -0.2) is 4.57 Å². The van der Waals surface area contributed by atoms with Crippen molar-refractivity contribution < 1.29 is 4.57 Å². The van der Waals surface area contributed by atoms with E-state index in [-0.39, 0.29) is 12.4 Å². The van der Waals surface area contributed by atoms with Crippen LogP contribution in [0.3, 0.4) is 0 Å². The number of nitrogens with two attached hydrogens (primary N) is 1. The summed E-state index contributed by atoms with van der Waals surface area (Å²) in [6.45, 7) is 1.02. The zero-order chi connectivity index (χ0) is 11.8. The topological polar surface area (TPSA) is 46.9 Å². The second-order valence-electron chi connectivity index (χ2n) is 4.55. The van der Waals surface area contributed by atoms with Crippen LogP contribution in [0.4, 0.5) is 11.4 Å². The molecule has 1 aromatic heterocycles. The van der Waals surface area contributed by atoms with E-state index in [1.165, 1.54) is 17.7 Å². The molecule has 3 N–H and O–H groups in total. The van der Waals surface area contributed by atoms with Gasteiger partial charge in [0.15, 0.2) is 5.69 Å². The highest BCUT2D eigenvalue weighted by atomic mass is 35.5. The van der Waals surface area contributed by atoms with E-state index in [2.05, 4.69) is 16.0 Å². The van der Waals surface area contributed by atoms with Crippen LogP contribution in [0.25, 0.3) is 5.69 Å². The van der Waals surface area contributed by atoms with Crippen LogP contribution in [0.5, 0.6) is 0 Å². The monoisotopic (exact) mass is 265 g/mol. The molecule has 2 aromatic rings. The molecule has 0 amide bonds. The molecule has 18 heavy (non-hydrogen) atoms. The van der Waals surface area contributed by atoms with Gasteiger partial charge in [0.2, 0.25) is 6.33 Å². The zero-order valence-corrected chi connectivity index (χ0v) is 11.2. The predicted molar refractivity (Wildman–Crippen MR) is 75.4 cm³/mol. The number of halogens is 1. The van der Waals surface area contributed by atoms with Crippen LogP contribution in [-0.2, 0) is 13.5 Å². The maximum absolute atomic E-state index is 6.12. The minimum absolute atomic E-state index is 0. The van der Waals surface area contributed by atoms with Crippen molar-refractivity contribution in [2.75, 3.05) is 17.6 Å². The number of nitrogens with one attached hydrogen (secondary N) is 1. The lowest BCUT2D eigenvalue weighted by atomic mass is 10.0. The lowest BCUT2D eigenvalue weighted by molar-refractivity contribution is -0.670. The van der Waals surface area contributed by atoms with Crippen molar-refractivity contribution in [1.29, 1.82) is 0 Å². The molecule has 1 aliphatic heterocycles. The van der Waals surface area contributed by atoms with Crippen LogP contribution in [0.15, 0.2) is 30.9 Å². The van der Waals surface area contributed by atoms with Crippen LogP contribution in [0, 0.1) is 0 Å². The number of nitrogens with zero attached hydrogens (tertiary/aromatic N) is 2. The number of imidazole rings is 1. The first-order chi connectivity index (χ1) is 8.25. The molecule has 0 atom stereocenters. The fraction of sp³-hybridized carbons (Fsp3) is 0.308. The molecule has 96 valence electrons. The number of hydrogen-bond donors (Lipinski definition) is 2. The van der Waals surface area contributed by atoms with E-state index in [4.69, 9.17) is 5.73 Å². The van der Waals surface area contributed by atoms with E-state index >= 15 is 0 Å². The van der Waals surface area contributed by atoms with Crippen LogP contribution < -0.4 is 15.6 Å². The van der Waals surface area contributed by atoms with Gasteiger partial charge in [0.1, 0.15) is 12.4 Å².